The zero-order chi connectivity index (χ0) is 12.7. The Morgan fingerprint density at radius 1 is 1.28 bits per heavy atom. The number of hydrogen-bond acceptors (Lipinski definition) is 2. The Labute approximate surface area is 110 Å². The van der Waals surface area contributed by atoms with Crippen LogP contribution in [-0.2, 0) is 16.6 Å². The van der Waals surface area contributed by atoms with Crippen molar-refractivity contribution in [1.82, 2.24) is 5.32 Å². The Morgan fingerprint density at radius 3 is 2.22 bits per heavy atom. The number of benzene rings is 1. The maximum absolute atomic E-state index is 12.4. The molecule has 1 aliphatic rings. The van der Waals surface area contributed by atoms with E-state index >= 15 is 0 Å². The van der Waals surface area contributed by atoms with E-state index in [1.165, 1.54) is 12.1 Å². The van der Waals surface area contributed by atoms with Crippen molar-refractivity contribution in [3.8, 4) is 0 Å². The Bertz CT molecular complexity index is 407. The average Bonchev–Trinajstić information content (AvgIpc) is 2.59. The number of halogens is 4. The summed E-state index contributed by atoms with van der Waals surface area (Å²) >= 11 is 0. The molecule has 2 rings (SSSR count). The minimum atomic E-state index is -4.29. The van der Waals surface area contributed by atoms with Crippen molar-refractivity contribution in [3.05, 3.63) is 35.4 Å². The molecule has 0 spiro atoms. The van der Waals surface area contributed by atoms with Gasteiger partial charge in [0.2, 0.25) is 0 Å². The normalized spacial score (nSPS) is 27.9. The predicted molar refractivity (Wildman–Crippen MR) is 64.6 cm³/mol. The summed E-state index contributed by atoms with van der Waals surface area (Å²) in [5, 5.41) is 3.20. The van der Waals surface area contributed by atoms with Crippen LogP contribution in [0.25, 0.3) is 0 Å². The Hall–Kier alpha value is -0.780. The quantitative estimate of drug-likeness (QED) is 0.853. The third-order valence-corrected chi connectivity index (χ3v) is 2.91. The molecule has 1 N–H and O–H groups in total. The van der Waals surface area contributed by atoms with Gasteiger partial charge in [0.25, 0.3) is 0 Å². The molecule has 102 valence electrons. The third-order valence-electron chi connectivity index (χ3n) is 2.91. The first-order valence-corrected chi connectivity index (χ1v) is 5.41. The molecule has 0 aliphatic carbocycles. The standard InChI is InChI=1S/C12H14F3NO.ClH/c1-8-7-17-11(2,16-8)9-3-5-10(6-4-9)12(13,14)15;/h3-6,8,16H,7H2,1-2H3;1H. The number of rotatable bonds is 1. The largest absolute Gasteiger partial charge is 0.416 e. The molecule has 1 saturated heterocycles. The molecule has 0 radical (unpaired) electrons. The molecule has 2 nitrogen and oxygen atoms in total. The zero-order valence-electron chi connectivity index (χ0n) is 10.0. The number of ether oxygens (including phenoxy) is 1. The maximum Gasteiger partial charge on any atom is 0.416 e. The van der Waals surface area contributed by atoms with E-state index in [1.54, 1.807) is 0 Å². The van der Waals surface area contributed by atoms with Crippen LogP contribution >= 0.6 is 12.4 Å². The molecular weight excluding hydrogens is 267 g/mol. The Balaban J connectivity index is 0.00000162. The topological polar surface area (TPSA) is 21.3 Å². The van der Waals surface area contributed by atoms with Gasteiger partial charge in [0.1, 0.15) is 5.72 Å². The minimum absolute atomic E-state index is 0. The second-order valence-electron chi connectivity index (χ2n) is 4.46. The molecule has 1 aromatic rings. The van der Waals surface area contributed by atoms with Crippen LogP contribution in [0.15, 0.2) is 24.3 Å². The van der Waals surface area contributed by atoms with Crippen molar-refractivity contribution in [3.63, 3.8) is 0 Å². The van der Waals surface area contributed by atoms with Crippen molar-refractivity contribution in [2.45, 2.75) is 31.8 Å². The average molecular weight is 282 g/mol. The summed E-state index contributed by atoms with van der Waals surface area (Å²) in [6, 6.07) is 5.26. The first-order valence-electron chi connectivity index (χ1n) is 5.41. The van der Waals surface area contributed by atoms with Crippen LogP contribution in [0.1, 0.15) is 25.0 Å². The van der Waals surface area contributed by atoms with Crippen molar-refractivity contribution >= 4 is 12.4 Å². The summed E-state index contributed by atoms with van der Waals surface area (Å²) in [7, 11) is 0. The first-order chi connectivity index (χ1) is 7.81. The highest BCUT2D eigenvalue weighted by Gasteiger charge is 2.36. The Kier molecular flexibility index (Phi) is 4.30. The monoisotopic (exact) mass is 281 g/mol. The van der Waals surface area contributed by atoms with E-state index in [9.17, 15) is 13.2 Å². The molecule has 0 bridgehead atoms. The highest BCUT2D eigenvalue weighted by atomic mass is 35.5. The van der Waals surface area contributed by atoms with Crippen molar-refractivity contribution < 1.29 is 17.9 Å². The van der Waals surface area contributed by atoms with Gasteiger partial charge < -0.3 is 4.74 Å². The highest BCUT2D eigenvalue weighted by Crippen LogP contribution is 2.32. The summed E-state index contributed by atoms with van der Waals surface area (Å²) in [5.74, 6) is 0. The van der Waals surface area contributed by atoms with E-state index in [-0.39, 0.29) is 18.4 Å². The minimum Gasteiger partial charge on any atom is -0.355 e. The predicted octanol–water partition coefficient (Wildman–Crippen LogP) is 3.31. The van der Waals surface area contributed by atoms with E-state index in [2.05, 4.69) is 5.32 Å². The lowest BCUT2D eigenvalue weighted by atomic mass is 10.0. The molecule has 6 heteroatoms. The van der Waals surface area contributed by atoms with Gasteiger partial charge in [0, 0.05) is 6.04 Å². The molecule has 2 atom stereocenters. The maximum atomic E-state index is 12.4. The van der Waals surface area contributed by atoms with Gasteiger partial charge >= 0.3 is 6.18 Å². The number of hydrogen-bond donors (Lipinski definition) is 1. The number of alkyl halides is 3. The van der Waals surface area contributed by atoms with Gasteiger partial charge in [-0.2, -0.15) is 13.2 Å². The fourth-order valence-electron chi connectivity index (χ4n) is 1.99. The van der Waals surface area contributed by atoms with E-state index in [0.29, 0.717) is 12.2 Å². The van der Waals surface area contributed by atoms with Crippen LogP contribution in [0.2, 0.25) is 0 Å². The van der Waals surface area contributed by atoms with Gasteiger partial charge in [-0.3, -0.25) is 5.32 Å². The lowest BCUT2D eigenvalue weighted by Gasteiger charge is -2.25. The molecule has 2 unspecified atom stereocenters. The number of nitrogens with one attached hydrogen (secondary N) is 1. The summed E-state index contributed by atoms with van der Waals surface area (Å²) < 4.78 is 42.8. The molecule has 0 amide bonds. The summed E-state index contributed by atoms with van der Waals surface area (Å²) in [6.45, 7) is 4.34. The molecule has 0 saturated carbocycles. The zero-order valence-corrected chi connectivity index (χ0v) is 10.9. The van der Waals surface area contributed by atoms with Gasteiger partial charge in [0.15, 0.2) is 0 Å². The van der Waals surface area contributed by atoms with E-state index in [0.717, 1.165) is 12.1 Å². The molecule has 1 aliphatic heterocycles. The molecule has 1 heterocycles. The van der Waals surface area contributed by atoms with Crippen LogP contribution in [0.3, 0.4) is 0 Å². The lowest BCUT2D eigenvalue weighted by molar-refractivity contribution is -0.137. The fourth-order valence-corrected chi connectivity index (χ4v) is 1.99. The van der Waals surface area contributed by atoms with E-state index in [4.69, 9.17) is 4.74 Å². The molecule has 18 heavy (non-hydrogen) atoms. The van der Waals surface area contributed by atoms with Gasteiger partial charge in [-0.15, -0.1) is 12.4 Å². The fraction of sp³-hybridized carbons (Fsp3) is 0.500. The van der Waals surface area contributed by atoms with Crippen molar-refractivity contribution in [2.24, 2.45) is 0 Å². The lowest BCUT2D eigenvalue weighted by Crippen LogP contribution is -2.37. The smallest absolute Gasteiger partial charge is 0.355 e. The second kappa shape index (κ2) is 5.07. The van der Waals surface area contributed by atoms with Crippen molar-refractivity contribution in [2.75, 3.05) is 6.61 Å². The Morgan fingerprint density at radius 2 is 1.83 bits per heavy atom. The third kappa shape index (κ3) is 2.96. The SMILES string of the molecule is CC1COC(C)(c2ccc(C(F)(F)F)cc2)N1.Cl. The van der Waals surface area contributed by atoms with E-state index in [1.807, 2.05) is 13.8 Å². The molecule has 1 fully saturated rings. The first kappa shape index (κ1) is 15.3. The van der Waals surface area contributed by atoms with E-state index < -0.39 is 17.5 Å². The highest BCUT2D eigenvalue weighted by molar-refractivity contribution is 5.85. The van der Waals surface area contributed by atoms with Crippen LogP contribution in [-0.4, -0.2) is 12.6 Å². The van der Waals surface area contributed by atoms with Gasteiger partial charge in [-0.25, -0.2) is 0 Å². The molecule has 1 aromatic carbocycles. The van der Waals surface area contributed by atoms with Gasteiger partial charge in [0.05, 0.1) is 12.2 Å². The van der Waals surface area contributed by atoms with Gasteiger partial charge in [-0.05, 0) is 31.5 Å². The summed E-state index contributed by atoms with van der Waals surface area (Å²) in [5.41, 5.74) is -0.630. The van der Waals surface area contributed by atoms with Crippen molar-refractivity contribution in [1.29, 1.82) is 0 Å². The van der Waals surface area contributed by atoms with Gasteiger partial charge in [-0.1, -0.05) is 12.1 Å². The second-order valence-corrected chi connectivity index (χ2v) is 4.46. The summed E-state index contributed by atoms with van der Waals surface area (Å²) in [6.07, 6.45) is -4.29. The molecule has 0 aromatic heterocycles. The summed E-state index contributed by atoms with van der Waals surface area (Å²) in [4.78, 5) is 0. The molecular formula is C12H15ClF3NO. The van der Waals surface area contributed by atoms with Crippen LogP contribution in [0, 0.1) is 0 Å². The van der Waals surface area contributed by atoms with Crippen LogP contribution < -0.4 is 5.32 Å². The van der Waals surface area contributed by atoms with Crippen LogP contribution in [0.5, 0.6) is 0 Å². The van der Waals surface area contributed by atoms with Crippen LogP contribution in [0.4, 0.5) is 13.2 Å².